The number of nitrogens with two attached hydrogens (primary N) is 1. The highest BCUT2D eigenvalue weighted by Gasteiger charge is 2.42. The average Bonchev–Trinajstić information content (AvgIpc) is 2.97. The molecule has 0 aromatic rings. The van der Waals surface area contributed by atoms with Crippen LogP contribution in [0.4, 0.5) is 0 Å². The first kappa shape index (κ1) is 24.4. The Bertz CT molecular complexity index is 497. The van der Waals surface area contributed by atoms with Gasteiger partial charge in [0.25, 0.3) is 0 Å². The zero-order valence-corrected chi connectivity index (χ0v) is 17.7. The SMILES string of the molecule is COC(=O)C1CN(C(=O)C2(N)CCCC2)CCN(C2CCOCC2)C1.Cl.Cl. The summed E-state index contributed by atoms with van der Waals surface area (Å²) >= 11 is 0. The Kier molecular flexibility index (Phi) is 9.79. The van der Waals surface area contributed by atoms with Crippen LogP contribution in [-0.4, -0.2) is 79.8 Å². The van der Waals surface area contributed by atoms with E-state index in [1.807, 2.05) is 4.90 Å². The Morgan fingerprint density at radius 3 is 2.30 bits per heavy atom. The molecule has 0 bridgehead atoms. The van der Waals surface area contributed by atoms with Gasteiger partial charge >= 0.3 is 5.97 Å². The molecule has 27 heavy (non-hydrogen) atoms. The molecule has 2 N–H and O–H groups in total. The molecule has 3 rings (SSSR count). The van der Waals surface area contributed by atoms with Gasteiger partial charge in [0.05, 0.1) is 18.6 Å². The predicted octanol–water partition coefficient (Wildman–Crippen LogP) is 1.21. The lowest BCUT2D eigenvalue weighted by Crippen LogP contribution is -2.55. The first-order valence-corrected chi connectivity index (χ1v) is 9.51. The molecule has 1 saturated carbocycles. The molecule has 1 atom stereocenters. The second-order valence-electron chi connectivity index (χ2n) is 7.67. The van der Waals surface area contributed by atoms with Crippen LogP contribution in [0, 0.1) is 5.92 Å². The van der Waals surface area contributed by atoms with E-state index in [1.54, 1.807) is 0 Å². The van der Waals surface area contributed by atoms with Crippen molar-refractivity contribution in [3.8, 4) is 0 Å². The van der Waals surface area contributed by atoms with Gasteiger partial charge in [-0.3, -0.25) is 14.5 Å². The number of hydrogen-bond acceptors (Lipinski definition) is 6. The van der Waals surface area contributed by atoms with E-state index in [9.17, 15) is 9.59 Å². The number of nitrogens with zero attached hydrogens (tertiary/aromatic N) is 2. The third-order valence-electron chi connectivity index (χ3n) is 6.00. The summed E-state index contributed by atoms with van der Waals surface area (Å²) in [4.78, 5) is 29.5. The second kappa shape index (κ2) is 10.8. The summed E-state index contributed by atoms with van der Waals surface area (Å²) in [6, 6.07) is 0.411. The summed E-state index contributed by atoms with van der Waals surface area (Å²) in [6.45, 7) is 3.97. The number of methoxy groups -OCH3 is 1. The zero-order valence-electron chi connectivity index (χ0n) is 16.1. The molecular weight excluding hydrogens is 393 g/mol. The molecule has 1 aliphatic carbocycles. The Morgan fingerprint density at radius 1 is 1.07 bits per heavy atom. The zero-order chi connectivity index (χ0) is 17.9. The smallest absolute Gasteiger partial charge is 0.311 e. The van der Waals surface area contributed by atoms with Crippen LogP contribution in [0.3, 0.4) is 0 Å². The van der Waals surface area contributed by atoms with Crippen LogP contribution in [0.25, 0.3) is 0 Å². The van der Waals surface area contributed by atoms with Gasteiger partial charge in [-0.1, -0.05) is 12.8 Å². The molecule has 0 aromatic carbocycles. The van der Waals surface area contributed by atoms with Crippen LogP contribution >= 0.6 is 24.8 Å². The van der Waals surface area contributed by atoms with Gasteiger partial charge in [0.1, 0.15) is 0 Å². The maximum Gasteiger partial charge on any atom is 0.311 e. The highest BCUT2D eigenvalue weighted by molar-refractivity contribution is 5.87. The highest BCUT2D eigenvalue weighted by Crippen LogP contribution is 2.30. The predicted molar refractivity (Wildman–Crippen MR) is 107 cm³/mol. The molecular formula is C18H33Cl2N3O4. The maximum atomic E-state index is 13.0. The number of halogens is 2. The monoisotopic (exact) mass is 425 g/mol. The van der Waals surface area contributed by atoms with Gasteiger partial charge < -0.3 is 20.1 Å². The van der Waals surface area contributed by atoms with Crippen molar-refractivity contribution in [2.45, 2.75) is 50.1 Å². The van der Waals surface area contributed by atoms with Crippen LogP contribution in [0.15, 0.2) is 0 Å². The number of ether oxygens (including phenoxy) is 2. The molecule has 0 spiro atoms. The fraction of sp³-hybridized carbons (Fsp3) is 0.889. The topological polar surface area (TPSA) is 85.1 Å². The Balaban J connectivity index is 0.00000182. The number of amides is 1. The summed E-state index contributed by atoms with van der Waals surface area (Å²) < 4.78 is 10.5. The van der Waals surface area contributed by atoms with Gasteiger partial charge in [0, 0.05) is 45.4 Å². The minimum atomic E-state index is -0.742. The van der Waals surface area contributed by atoms with Crippen molar-refractivity contribution in [3.63, 3.8) is 0 Å². The maximum absolute atomic E-state index is 13.0. The number of esters is 1. The van der Waals surface area contributed by atoms with Crippen LogP contribution < -0.4 is 5.73 Å². The molecule has 2 aliphatic heterocycles. The standard InChI is InChI=1S/C18H31N3O4.2ClH/c1-24-16(22)14-12-20(15-4-10-25-11-5-15)8-9-21(13-14)17(23)18(19)6-2-3-7-18;;/h14-15H,2-13,19H2,1H3;2*1H. The van der Waals surface area contributed by atoms with Crippen LogP contribution in [-0.2, 0) is 19.1 Å². The lowest BCUT2D eigenvalue weighted by atomic mass is 9.96. The van der Waals surface area contributed by atoms with Gasteiger partial charge in [-0.25, -0.2) is 0 Å². The summed E-state index contributed by atoms with van der Waals surface area (Å²) in [5.41, 5.74) is 5.64. The molecule has 0 aromatic heterocycles. The van der Waals surface area contributed by atoms with E-state index in [2.05, 4.69) is 4.90 Å². The van der Waals surface area contributed by atoms with Gasteiger partial charge in [0.15, 0.2) is 0 Å². The van der Waals surface area contributed by atoms with E-state index in [0.29, 0.717) is 25.7 Å². The minimum Gasteiger partial charge on any atom is -0.469 e. The molecule has 3 aliphatic rings. The van der Waals surface area contributed by atoms with Crippen molar-refractivity contribution >= 4 is 36.7 Å². The third kappa shape index (κ3) is 5.70. The van der Waals surface area contributed by atoms with E-state index in [0.717, 1.165) is 58.3 Å². The van der Waals surface area contributed by atoms with Crippen LogP contribution in [0.2, 0.25) is 0 Å². The quantitative estimate of drug-likeness (QED) is 0.683. The lowest BCUT2D eigenvalue weighted by Gasteiger charge is -2.34. The molecule has 9 heteroatoms. The highest BCUT2D eigenvalue weighted by atomic mass is 35.5. The molecule has 1 unspecified atom stereocenters. The Labute approximate surface area is 174 Å². The number of carbonyl (C=O) groups excluding carboxylic acids is 2. The van der Waals surface area contributed by atoms with Gasteiger partial charge in [-0.05, 0) is 25.7 Å². The van der Waals surface area contributed by atoms with E-state index >= 15 is 0 Å². The molecule has 3 fully saturated rings. The largest absolute Gasteiger partial charge is 0.469 e. The first-order chi connectivity index (χ1) is 12.0. The number of rotatable bonds is 3. The van der Waals surface area contributed by atoms with Crippen molar-refractivity contribution in [2.24, 2.45) is 11.7 Å². The van der Waals surface area contributed by atoms with Crippen LogP contribution in [0.1, 0.15) is 38.5 Å². The molecule has 7 nitrogen and oxygen atoms in total. The third-order valence-corrected chi connectivity index (χ3v) is 6.00. The van der Waals surface area contributed by atoms with Gasteiger partial charge in [-0.15, -0.1) is 24.8 Å². The van der Waals surface area contributed by atoms with Crippen molar-refractivity contribution < 1.29 is 19.1 Å². The molecule has 0 radical (unpaired) electrons. The lowest BCUT2D eigenvalue weighted by molar-refractivity contribution is -0.147. The summed E-state index contributed by atoms with van der Waals surface area (Å²) in [7, 11) is 1.42. The molecule has 2 heterocycles. The Hall–Kier alpha value is -0.600. The molecule has 2 saturated heterocycles. The van der Waals surface area contributed by atoms with E-state index in [-0.39, 0.29) is 42.6 Å². The normalized spacial score (nSPS) is 26.4. The van der Waals surface area contributed by atoms with Gasteiger partial charge in [-0.2, -0.15) is 0 Å². The summed E-state index contributed by atoms with van der Waals surface area (Å²) in [6.07, 6.45) is 5.45. The van der Waals surface area contributed by atoms with E-state index < -0.39 is 5.54 Å². The van der Waals surface area contributed by atoms with Crippen molar-refractivity contribution in [2.75, 3.05) is 46.5 Å². The fourth-order valence-electron chi connectivity index (χ4n) is 4.46. The fourth-order valence-corrected chi connectivity index (χ4v) is 4.46. The number of carbonyl (C=O) groups is 2. The van der Waals surface area contributed by atoms with Crippen molar-refractivity contribution in [1.29, 1.82) is 0 Å². The molecule has 158 valence electrons. The second-order valence-corrected chi connectivity index (χ2v) is 7.67. The van der Waals surface area contributed by atoms with Gasteiger partial charge in [0.2, 0.25) is 5.91 Å². The first-order valence-electron chi connectivity index (χ1n) is 9.51. The Morgan fingerprint density at radius 2 is 1.70 bits per heavy atom. The molecule has 1 amide bonds. The van der Waals surface area contributed by atoms with Crippen molar-refractivity contribution in [3.05, 3.63) is 0 Å². The van der Waals surface area contributed by atoms with Crippen LogP contribution in [0.5, 0.6) is 0 Å². The van der Waals surface area contributed by atoms with E-state index in [1.165, 1.54) is 7.11 Å². The van der Waals surface area contributed by atoms with E-state index in [4.69, 9.17) is 15.2 Å². The van der Waals surface area contributed by atoms with Crippen molar-refractivity contribution in [1.82, 2.24) is 9.80 Å². The average molecular weight is 426 g/mol. The number of hydrogen-bond donors (Lipinski definition) is 1. The summed E-state index contributed by atoms with van der Waals surface area (Å²) in [5.74, 6) is -0.550. The minimum absolute atomic E-state index is 0. The summed E-state index contributed by atoms with van der Waals surface area (Å²) in [5, 5.41) is 0.